The van der Waals surface area contributed by atoms with Crippen molar-refractivity contribution in [2.45, 2.75) is 32.7 Å². The summed E-state index contributed by atoms with van der Waals surface area (Å²) in [5.74, 6) is -0.706. The topological polar surface area (TPSA) is 81.1 Å². The fourth-order valence-corrected chi connectivity index (χ4v) is 2.24. The highest BCUT2D eigenvalue weighted by atomic mass is 19.1. The molecule has 0 aliphatic rings. The summed E-state index contributed by atoms with van der Waals surface area (Å²) in [6.07, 6.45) is 0.832. The largest absolute Gasteiger partial charge is 0.378 e. The summed E-state index contributed by atoms with van der Waals surface area (Å²) < 4.78 is 13.2. The van der Waals surface area contributed by atoms with Crippen molar-refractivity contribution in [3.05, 3.63) is 29.6 Å². The smallest absolute Gasteiger partial charge is 0.250 e. The van der Waals surface area contributed by atoms with Gasteiger partial charge in [-0.25, -0.2) is 4.39 Å². The van der Waals surface area contributed by atoms with E-state index in [-0.39, 0.29) is 11.1 Å². The van der Waals surface area contributed by atoms with E-state index in [9.17, 15) is 9.18 Å². The van der Waals surface area contributed by atoms with Gasteiger partial charge in [0.1, 0.15) is 5.82 Å². The summed E-state index contributed by atoms with van der Waals surface area (Å²) >= 11 is 0. The molecule has 5 N–H and O–H groups in total. The van der Waals surface area contributed by atoms with Gasteiger partial charge in [0, 0.05) is 17.8 Å². The average Bonchev–Trinajstić information content (AvgIpc) is 2.30. The molecule has 1 unspecified atom stereocenters. The Morgan fingerprint density at radius 3 is 2.58 bits per heavy atom. The maximum absolute atomic E-state index is 13.2. The van der Waals surface area contributed by atoms with Gasteiger partial charge in [0.05, 0.1) is 5.56 Å². The minimum Gasteiger partial charge on any atom is -0.378 e. The minimum atomic E-state index is -0.661. The van der Waals surface area contributed by atoms with E-state index in [1.54, 1.807) is 0 Å². The Morgan fingerprint density at radius 1 is 1.47 bits per heavy atom. The number of primary amides is 1. The van der Waals surface area contributed by atoms with Crippen molar-refractivity contribution in [2.24, 2.45) is 17.4 Å². The summed E-state index contributed by atoms with van der Waals surface area (Å²) in [5, 5.41) is 3.22. The normalized spacial score (nSPS) is 14.2. The summed E-state index contributed by atoms with van der Waals surface area (Å²) in [5.41, 5.74) is 11.4. The molecule has 1 aromatic carbocycles. The van der Waals surface area contributed by atoms with Crippen LogP contribution in [0.1, 0.15) is 37.6 Å². The molecule has 0 fully saturated rings. The Labute approximate surface area is 113 Å². The SMILES string of the molecule is CC(C)CC(C)(CN)Nc1ccc(F)cc1C(N)=O. The molecule has 19 heavy (non-hydrogen) atoms. The first kappa shape index (κ1) is 15.4. The van der Waals surface area contributed by atoms with Gasteiger partial charge < -0.3 is 16.8 Å². The molecule has 0 spiro atoms. The standard InChI is InChI=1S/C14H22FN3O/c1-9(2)7-14(3,8-16)18-12-5-4-10(15)6-11(12)13(17)19/h4-6,9,18H,7-8,16H2,1-3H3,(H2,17,19). The van der Waals surface area contributed by atoms with Gasteiger partial charge in [-0.3, -0.25) is 4.79 Å². The van der Waals surface area contributed by atoms with Crippen LogP contribution in [0.4, 0.5) is 10.1 Å². The highest BCUT2D eigenvalue weighted by Crippen LogP contribution is 2.25. The van der Waals surface area contributed by atoms with Gasteiger partial charge in [0.25, 0.3) is 5.91 Å². The van der Waals surface area contributed by atoms with E-state index in [1.165, 1.54) is 12.1 Å². The Kier molecular flexibility index (Phi) is 4.89. The van der Waals surface area contributed by atoms with Crippen LogP contribution in [0.15, 0.2) is 18.2 Å². The first-order valence-electron chi connectivity index (χ1n) is 6.35. The molecule has 0 bridgehead atoms. The first-order chi connectivity index (χ1) is 8.77. The molecule has 106 valence electrons. The second kappa shape index (κ2) is 6.02. The molecule has 0 radical (unpaired) electrons. The van der Waals surface area contributed by atoms with Gasteiger partial charge in [-0.2, -0.15) is 0 Å². The molecule has 4 nitrogen and oxygen atoms in total. The second-order valence-electron chi connectivity index (χ2n) is 5.54. The number of rotatable bonds is 6. The fourth-order valence-electron chi connectivity index (χ4n) is 2.24. The molecule has 0 aliphatic carbocycles. The first-order valence-corrected chi connectivity index (χ1v) is 6.35. The van der Waals surface area contributed by atoms with Crippen LogP contribution in [0.3, 0.4) is 0 Å². The van der Waals surface area contributed by atoms with Crippen LogP contribution in [0.2, 0.25) is 0 Å². The van der Waals surface area contributed by atoms with Crippen LogP contribution < -0.4 is 16.8 Å². The second-order valence-corrected chi connectivity index (χ2v) is 5.54. The molecule has 0 saturated heterocycles. The lowest BCUT2D eigenvalue weighted by atomic mass is 9.90. The van der Waals surface area contributed by atoms with Crippen LogP contribution >= 0.6 is 0 Å². The third kappa shape index (κ3) is 4.21. The zero-order chi connectivity index (χ0) is 14.6. The van der Waals surface area contributed by atoms with E-state index in [0.29, 0.717) is 18.2 Å². The average molecular weight is 267 g/mol. The summed E-state index contributed by atoms with van der Waals surface area (Å²) in [6, 6.07) is 3.95. The summed E-state index contributed by atoms with van der Waals surface area (Å²) in [7, 11) is 0. The molecular formula is C14H22FN3O. The lowest BCUT2D eigenvalue weighted by molar-refractivity contribution is 0.100. The molecule has 0 aromatic heterocycles. The summed E-state index contributed by atoms with van der Waals surface area (Å²) in [6.45, 7) is 6.56. The van der Waals surface area contributed by atoms with Gasteiger partial charge in [-0.15, -0.1) is 0 Å². The zero-order valence-electron chi connectivity index (χ0n) is 11.7. The number of anilines is 1. The molecule has 0 aliphatic heterocycles. The van der Waals surface area contributed by atoms with Crippen molar-refractivity contribution in [1.82, 2.24) is 0 Å². The van der Waals surface area contributed by atoms with E-state index in [4.69, 9.17) is 11.5 Å². The number of carbonyl (C=O) groups is 1. The number of amides is 1. The number of hydrogen-bond acceptors (Lipinski definition) is 3. The Balaban J connectivity index is 3.06. The van der Waals surface area contributed by atoms with Crippen LogP contribution in [0, 0.1) is 11.7 Å². The van der Waals surface area contributed by atoms with Crippen molar-refractivity contribution in [2.75, 3.05) is 11.9 Å². The minimum absolute atomic E-state index is 0.142. The molecule has 1 amide bonds. The third-order valence-electron chi connectivity index (χ3n) is 2.99. The number of carbonyl (C=O) groups excluding carboxylic acids is 1. The zero-order valence-corrected chi connectivity index (χ0v) is 11.7. The van der Waals surface area contributed by atoms with Crippen molar-refractivity contribution >= 4 is 11.6 Å². The highest BCUT2D eigenvalue weighted by Gasteiger charge is 2.25. The van der Waals surface area contributed by atoms with E-state index >= 15 is 0 Å². The predicted octanol–water partition coefficient (Wildman–Crippen LogP) is 2.10. The molecule has 1 aromatic rings. The fraction of sp³-hybridized carbons (Fsp3) is 0.500. The lowest BCUT2D eigenvalue weighted by Gasteiger charge is -2.33. The molecule has 1 rings (SSSR count). The lowest BCUT2D eigenvalue weighted by Crippen LogP contribution is -2.44. The van der Waals surface area contributed by atoms with Gasteiger partial charge in [0.15, 0.2) is 0 Å². The van der Waals surface area contributed by atoms with Crippen LogP contribution in [-0.4, -0.2) is 18.0 Å². The van der Waals surface area contributed by atoms with Gasteiger partial charge >= 0.3 is 0 Å². The highest BCUT2D eigenvalue weighted by molar-refractivity contribution is 5.98. The van der Waals surface area contributed by atoms with Gasteiger partial charge in [-0.05, 0) is 37.5 Å². The number of hydrogen-bond donors (Lipinski definition) is 3. The van der Waals surface area contributed by atoms with Crippen molar-refractivity contribution in [1.29, 1.82) is 0 Å². The predicted molar refractivity (Wildman–Crippen MR) is 75.5 cm³/mol. The Morgan fingerprint density at radius 2 is 2.11 bits per heavy atom. The van der Waals surface area contributed by atoms with E-state index in [2.05, 4.69) is 19.2 Å². The van der Waals surface area contributed by atoms with Crippen LogP contribution in [-0.2, 0) is 0 Å². The molecule has 0 saturated carbocycles. The van der Waals surface area contributed by atoms with Crippen molar-refractivity contribution in [3.8, 4) is 0 Å². The molecule has 5 heteroatoms. The number of nitrogens with two attached hydrogens (primary N) is 2. The van der Waals surface area contributed by atoms with Gasteiger partial charge in [0.2, 0.25) is 0 Å². The molecule has 1 atom stereocenters. The number of nitrogens with one attached hydrogen (secondary N) is 1. The maximum atomic E-state index is 13.2. The molecule has 0 heterocycles. The molecular weight excluding hydrogens is 245 g/mol. The number of benzene rings is 1. The Hall–Kier alpha value is -1.62. The van der Waals surface area contributed by atoms with E-state index < -0.39 is 11.7 Å². The quantitative estimate of drug-likeness (QED) is 0.738. The Bertz CT molecular complexity index is 462. The van der Waals surface area contributed by atoms with Crippen molar-refractivity contribution in [3.63, 3.8) is 0 Å². The monoisotopic (exact) mass is 267 g/mol. The number of halogens is 1. The van der Waals surface area contributed by atoms with Gasteiger partial charge in [-0.1, -0.05) is 13.8 Å². The van der Waals surface area contributed by atoms with Crippen molar-refractivity contribution < 1.29 is 9.18 Å². The van der Waals surface area contributed by atoms with E-state index in [1.807, 2.05) is 6.92 Å². The van der Waals surface area contributed by atoms with Crippen LogP contribution in [0.25, 0.3) is 0 Å². The summed E-state index contributed by atoms with van der Waals surface area (Å²) in [4.78, 5) is 11.4. The van der Waals surface area contributed by atoms with E-state index in [0.717, 1.165) is 12.5 Å². The maximum Gasteiger partial charge on any atom is 0.250 e. The van der Waals surface area contributed by atoms with Crippen LogP contribution in [0.5, 0.6) is 0 Å². The third-order valence-corrected chi connectivity index (χ3v) is 2.99.